The maximum Gasteiger partial charge on any atom is 0.311 e. The van der Waals surface area contributed by atoms with Crippen molar-refractivity contribution in [3.8, 4) is 22.4 Å². The van der Waals surface area contributed by atoms with Crippen LogP contribution in [0.25, 0.3) is 10.6 Å². The van der Waals surface area contributed by atoms with Crippen LogP contribution in [0.3, 0.4) is 0 Å². The van der Waals surface area contributed by atoms with E-state index in [0.29, 0.717) is 6.42 Å². The summed E-state index contributed by atoms with van der Waals surface area (Å²) in [6.07, 6.45) is -7.80. The third-order valence-corrected chi connectivity index (χ3v) is 15.0. The molecule has 2 aromatic rings. The number of hydrogen-bond acceptors (Lipinski definition) is 16. The van der Waals surface area contributed by atoms with Crippen molar-refractivity contribution in [2.24, 2.45) is 23.7 Å². The fourth-order valence-electron chi connectivity index (χ4n) is 9.90. The number of aliphatic hydroxyl groups is 4. The molecule has 0 spiro atoms. The van der Waals surface area contributed by atoms with Gasteiger partial charge in [-0.15, -0.1) is 11.3 Å². The van der Waals surface area contributed by atoms with Crippen LogP contribution in [-0.4, -0.2) is 154 Å². The van der Waals surface area contributed by atoms with Crippen LogP contribution < -0.4 is 0 Å². The molecule has 0 saturated carbocycles. The van der Waals surface area contributed by atoms with Gasteiger partial charge in [-0.1, -0.05) is 45.6 Å². The summed E-state index contributed by atoms with van der Waals surface area (Å²) in [6.45, 7) is 16.9. The highest BCUT2D eigenvalue weighted by atomic mass is 32.1. The Morgan fingerprint density at radius 3 is 2.26 bits per heavy atom. The van der Waals surface area contributed by atoms with E-state index in [0.717, 1.165) is 15.4 Å². The number of hydrogen-bond donors (Lipinski definition) is 4. The number of esters is 1. The van der Waals surface area contributed by atoms with Crippen LogP contribution in [0.4, 0.5) is 0 Å². The average Bonchev–Trinajstić information content (AvgIpc) is 3.75. The summed E-state index contributed by atoms with van der Waals surface area (Å²) in [4.78, 5) is 37.1. The van der Waals surface area contributed by atoms with Crippen molar-refractivity contribution in [2.45, 2.75) is 179 Å². The van der Waals surface area contributed by atoms with E-state index in [9.17, 15) is 30.0 Å². The van der Waals surface area contributed by atoms with Crippen LogP contribution >= 0.6 is 11.3 Å². The Hall–Kier alpha value is -2.89. The van der Waals surface area contributed by atoms with Gasteiger partial charge in [0.25, 0.3) is 0 Å². The molecule has 0 unspecified atom stereocenters. The van der Waals surface area contributed by atoms with Gasteiger partial charge in [0.05, 0.1) is 63.1 Å². The van der Waals surface area contributed by atoms with Crippen molar-refractivity contribution in [1.29, 1.82) is 0 Å². The van der Waals surface area contributed by atoms with Crippen LogP contribution in [0.1, 0.15) is 99.8 Å². The Morgan fingerprint density at radius 2 is 1.63 bits per heavy atom. The van der Waals surface area contributed by atoms with Gasteiger partial charge in [0, 0.05) is 43.5 Å². The van der Waals surface area contributed by atoms with Gasteiger partial charge in [-0.2, -0.15) is 0 Å². The number of aromatic nitrogens is 1. The van der Waals surface area contributed by atoms with E-state index in [2.05, 4.69) is 16.8 Å². The first-order chi connectivity index (χ1) is 30.5. The minimum Gasteiger partial charge on any atom is -0.459 e. The van der Waals surface area contributed by atoms with Crippen LogP contribution in [0.2, 0.25) is 0 Å². The first-order valence-corrected chi connectivity index (χ1v) is 23.8. The zero-order chi connectivity index (χ0) is 48.2. The number of methoxy groups -OCH3 is 1. The minimum absolute atomic E-state index is 0.0215. The first-order valence-electron chi connectivity index (χ1n) is 23.0. The second-order valence-corrected chi connectivity index (χ2v) is 20.5. The number of nitrogens with zero attached hydrogens (tertiary/aromatic N) is 2. The van der Waals surface area contributed by atoms with Gasteiger partial charge in [-0.3, -0.25) is 14.6 Å². The molecule has 0 radical (unpaired) electrons. The second kappa shape index (κ2) is 22.0. The maximum absolute atomic E-state index is 14.5. The van der Waals surface area contributed by atoms with E-state index in [1.165, 1.54) is 25.4 Å². The van der Waals surface area contributed by atoms with Gasteiger partial charge in [0.1, 0.15) is 36.3 Å². The Morgan fingerprint density at radius 1 is 0.923 bits per heavy atom. The van der Waals surface area contributed by atoms with E-state index >= 15 is 0 Å². The number of ketones is 1. The summed E-state index contributed by atoms with van der Waals surface area (Å²) < 4.78 is 45.3. The first kappa shape index (κ1) is 53.1. The fourth-order valence-corrected chi connectivity index (χ4v) is 10.8. The monoisotopic (exact) mass is 930 g/mol. The predicted molar refractivity (Wildman–Crippen MR) is 244 cm³/mol. The zero-order valence-corrected chi connectivity index (χ0v) is 41.2. The molecule has 0 bridgehead atoms. The Labute approximate surface area is 389 Å². The number of aliphatic hydroxyl groups excluding tert-OH is 3. The molecule has 5 heterocycles. The summed E-state index contributed by atoms with van der Waals surface area (Å²) in [7, 11) is 5.26. The normalized spacial score (nSPS) is 41.3. The number of ether oxygens (including phenoxy) is 7. The molecule has 0 aromatic carbocycles. The Bertz CT molecular complexity index is 1940. The Kier molecular flexibility index (Phi) is 18.0. The van der Waals surface area contributed by atoms with Gasteiger partial charge in [-0.25, -0.2) is 0 Å². The number of carbonyl (C=O) groups excluding carboxylic acids is 2. The molecule has 364 valence electrons. The van der Waals surface area contributed by atoms with Gasteiger partial charge < -0.3 is 58.5 Å². The van der Waals surface area contributed by atoms with Crippen molar-refractivity contribution in [3.63, 3.8) is 0 Å². The number of likely N-dealkylation sites (N-methyl/N-ethyl adjacent to an activating group) is 1. The molecule has 0 aliphatic carbocycles. The molecule has 5 rings (SSSR count). The summed E-state index contributed by atoms with van der Waals surface area (Å²) in [5.74, 6) is 1.50. The molecule has 2 aromatic heterocycles. The lowest BCUT2D eigenvalue weighted by Crippen LogP contribution is -2.61. The van der Waals surface area contributed by atoms with E-state index < -0.39 is 102 Å². The van der Waals surface area contributed by atoms with Gasteiger partial charge >= 0.3 is 5.97 Å². The maximum atomic E-state index is 14.5. The largest absolute Gasteiger partial charge is 0.459 e. The topological polar surface area (TPSA) is 196 Å². The molecule has 65 heavy (non-hydrogen) atoms. The fraction of sp³-hybridized carbons (Fsp3) is 0.735. The van der Waals surface area contributed by atoms with Crippen LogP contribution in [0, 0.1) is 35.5 Å². The van der Waals surface area contributed by atoms with Gasteiger partial charge in [0.15, 0.2) is 12.6 Å². The van der Waals surface area contributed by atoms with Crippen molar-refractivity contribution < 1.29 is 63.2 Å². The number of cyclic esters (lactones) is 1. The molecule has 3 saturated heterocycles. The third kappa shape index (κ3) is 12.1. The SMILES string of the molecule is CC[C@@H]1OC(=O)[C@H](C)[C@@H](O[C@H]2C[C@@](C)(OC)[C@@H](O)[C@H](C)O2)[C@H](C)[C@@H](O[C@@H]2O[C@H](C)C[C@H](N(C)C)[C@H]2O)[C@@](C)(OCC#Cc2ccc(-c3ccccn3)s2)C[C@@H](C)C(=O)[C@@H](C)[C@@H](O)[C@]1(C)O. The molecular weight excluding hydrogens is 857 g/mol. The molecule has 3 fully saturated rings. The summed E-state index contributed by atoms with van der Waals surface area (Å²) in [5.41, 5.74) is -3.69. The molecule has 18 atom stereocenters. The smallest absolute Gasteiger partial charge is 0.311 e. The number of thiophene rings is 1. The van der Waals surface area contributed by atoms with Crippen molar-refractivity contribution in [2.75, 3.05) is 27.8 Å². The van der Waals surface area contributed by atoms with Crippen LogP contribution in [0.15, 0.2) is 36.5 Å². The highest BCUT2D eigenvalue weighted by Gasteiger charge is 2.54. The van der Waals surface area contributed by atoms with Gasteiger partial charge in [-0.05, 0) is 99.2 Å². The lowest BCUT2D eigenvalue weighted by Gasteiger charge is -2.50. The lowest BCUT2D eigenvalue weighted by molar-refractivity contribution is -0.320. The summed E-state index contributed by atoms with van der Waals surface area (Å²) in [5, 5.41) is 46.6. The molecular formula is C49H74N2O13S. The minimum atomic E-state index is -2.02. The van der Waals surface area contributed by atoms with Crippen molar-refractivity contribution in [1.82, 2.24) is 9.88 Å². The standard InChI is InChI=1S/C49H74N2O13S/c1-14-37-49(10,57)42(54)29(4)39(52)27(2)25-48(9,59-23-17-18-33-20-21-36(65-33)34-19-15-16-22-50-34)44(64-46-40(53)35(51(11)12)24-28(3)60-46)30(5)41(31(6)45(56)62-37)63-38-26-47(8,58-13)43(55)32(7)61-38/h15-16,19-22,27-32,35,37-38,40-44,46,53-55,57H,14,23-26H2,1-13H3/t27-,28-,29-,30+,31-,32+,35+,37+,38+,40-,41+,42-,43+,44-,46+,47-,48+,49-/m1/s1. The quantitative estimate of drug-likeness (QED) is 0.184. The number of Topliss-reactive ketones (excluding diaryl/α,β-unsaturated/α-hetero) is 1. The van der Waals surface area contributed by atoms with Crippen molar-refractivity contribution >= 4 is 23.1 Å². The number of rotatable bonds is 10. The zero-order valence-electron chi connectivity index (χ0n) is 40.4. The predicted octanol–water partition coefficient (Wildman–Crippen LogP) is 4.99. The molecule has 3 aliphatic rings. The highest BCUT2D eigenvalue weighted by molar-refractivity contribution is 7.16. The van der Waals surface area contributed by atoms with E-state index in [1.54, 1.807) is 54.7 Å². The molecule has 3 aliphatic heterocycles. The van der Waals surface area contributed by atoms with E-state index in [1.807, 2.05) is 63.2 Å². The number of carbonyl (C=O) groups is 2. The summed E-state index contributed by atoms with van der Waals surface area (Å²) >= 11 is 1.49. The van der Waals surface area contributed by atoms with E-state index in [4.69, 9.17) is 33.2 Å². The summed E-state index contributed by atoms with van der Waals surface area (Å²) in [6, 6.07) is 9.25. The number of pyridine rings is 1. The second-order valence-electron chi connectivity index (χ2n) is 19.4. The van der Waals surface area contributed by atoms with E-state index in [-0.39, 0.29) is 43.8 Å². The average molecular weight is 931 g/mol. The molecule has 0 amide bonds. The lowest BCUT2D eigenvalue weighted by atomic mass is 9.73. The molecule has 16 heteroatoms. The van der Waals surface area contributed by atoms with Crippen LogP contribution in [-0.2, 0) is 42.7 Å². The van der Waals surface area contributed by atoms with Crippen molar-refractivity contribution in [3.05, 3.63) is 41.4 Å². The van der Waals surface area contributed by atoms with Gasteiger partial charge in [0.2, 0.25) is 0 Å². The third-order valence-electron chi connectivity index (χ3n) is 14.0. The Balaban J connectivity index is 1.65. The van der Waals surface area contributed by atoms with Crippen LogP contribution in [0.5, 0.6) is 0 Å². The molecule has 4 N–H and O–H groups in total. The molecule has 15 nitrogen and oxygen atoms in total. The highest BCUT2D eigenvalue weighted by Crippen LogP contribution is 2.42.